The molecule has 0 bridgehead atoms. The summed E-state index contributed by atoms with van der Waals surface area (Å²) in [4.78, 5) is 27.0. The fraction of sp³-hybridized carbons (Fsp3) is 0.417. The summed E-state index contributed by atoms with van der Waals surface area (Å²) in [7, 11) is -2.06. The van der Waals surface area contributed by atoms with Crippen LogP contribution in [0.1, 0.15) is 36.5 Å². The van der Waals surface area contributed by atoms with Crippen molar-refractivity contribution in [1.82, 2.24) is 10.2 Å². The summed E-state index contributed by atoms with van der Waals surface area (Å²) < 4.78 is 26.3. The number of hydrogen-bond donors (Lipinski definition) is 1. The monoisotopic (exact) mass is 527 g/mol. The number of sulfonamides is 1. The Balaban J connectivity index is 2.23. The number of nitrogens with zero attached hydrogens (tertiary/aromatic N) is 2. The Morgan fingerprint density at radius 2 is 1.65 bits per heavy atom. The van der Waals surface area contributed by atoms with Gasteiger partial charge in [-0.1, -0.05) is 41.4 Å². The van der Waals surface area contributed by atoms with Crippen molar-refractivity contribution in [3.05, 3.63) is 63.1 Å². The Labute approximate surface area is 212 Å². The van der Waals surface area contributed by atoms with Gasteiger partial charge in [0, 0.05) is 42.2 Å². The van der Waals surface area contributed by atoms with Crippen molar-refractivity contribution in [2.45, 2.75) is 46.2 Å². The molecule has 0 aliphatic rings. The number of nitrogens with one attached hydrogen (secondary N) is 1. The molecule has 2 rings (SSSR count). The fourth-order valence-corrected chi connectivity index (χ4v) is 5.17. The largest absolute Gasteiger partial charge is 0.357 e. The summed E-state index contributed by atoms with van der Waals surface area (Å²) >= 11 is 12.6. The van der Waals surface area contributed by atoms with Crippen molar-refractivity contribution in [2.24, 2.45) is 0 Å². The van der Waals surface area contributed by atoms with Gasteiger partial charge in [0.15, 0.2) is 0 Å². The van der Waals surface area contributed by atoms with Crippen LogP contribution in [0.15, 0.2) is 36.4 Å². The number of halogens is 2. The lowest BCUT2D eigenvalue weighted by atomic mass is 10.1. The van der Waals surface area contributed by atoms with Crippen LogP contribution >= 0.6 is 23.2 Å². The smallest absolute Gasteiger partial charge is 0.242 e. The Morgan fingerprint density at radius 3 is 2.21 bits per heavy atom. The molecule has 2 amide bonds. The second-order valence-corrected chi connectivity index (χ2v) is 10.9. The first-order valence-electron chi connectivity index (χ1n) is 10.9. The van der Waals surface area contributed by atoms with Crippen LogP contribution in [0.3, 0.4) is 0 Å². The highest BCUT2D eigenvalue weighted by molar-refractivity contribution is 7.92. The van der Waals surface area contributed by atoms with Gasteiger partial charge in [-0.15, -0.1) is 0 Å². The molecule has 2 aromatic rings. The first-order valence-corrected chi connectivity index (χ1v) is 13.5. The Morgan fingerprint density at radius 1 is 1.06 bits per heavy atom. The van der Waals surface area contributed by atoms with E-state index in [1.807, 2.05) is 19.9 Å². The number of carbonyl (C=O) groups excluding carboxylic acids is 2. The van der Waals surface area contributed by atoms with Crippen LogP contribution in [0, 0.1) is 13.8 Å². The van der Waals surface area contributed by atoms with Crippen LogP contribution in [-0.2, 0) is 26.2 Å². The minimum absolute atomic E-state index is 0.0420. The van der Waals surface area contributed by atoms with Crippen LogP contribution < -0.4 is 9.62 Å². The first kappa shape index (κ1) is 28.0. The number of benzene rings is 2. The predicted octanol–water partition coefficient (Wildman–Crippen LogP) is 4.32. The topological polar surface area (TPSA) is 86.8 Å². The molecule has 0 saturated heterocycles. The third-order valence-electron chi connectivity index (χ3n) is 5.80. The Hall–Kier alpha value is -2.29. The number of anilines is 1. The molecule has 1 atom stereocenters. The summed E-state index contributed by atoms with van der Waals surface area (Å²) in [6.45, 7) is 5.60. The highest BCUT2D eigenvalue weighted by Crippen LogP contribution is 2.28. The van der Waals surface area contributed by atoms with Crippen molar-refractivity contribution in [3.8, 4) is 0 Å². The molecule has 0 saturated carbocycles. The van der Waals surface area contributed by atoms with Gasteiger partial charge >= 0.3 is 0 Å². The molecule has 0 aliphatic heterocycles. The maximum Gasteiger partial charge on any atom is 0.242 e. The van der Waals surface area contributed by atoms with E-state index in [0.29, 0.717) is 21.3 Å². The molecule has 186 valence electrons. The van der Waals surface area contributed by atoms with Gasteiger partial charge in [0.25, 0.3) is 0 Å². The summed E-state index contributed by atoms with van der Waals surface area (Å²) in [6.07, 6.45) is 1.46. The first-order chi connectivity index (χ1) is 15.9. The quantitative estimate of drug-likeness (QED) is 0.498. The lowest BCUT2D eigenvalue weighted by Crippen LogP contribution is -2.47. The van der Waals surface area contributed by atoms with Gasteiger partial charge in [-0.05, 0) is 56.5 Å². The van der Waals surface area contributed by atoms with Crippen LogP contribution in [0.25, 0.3) is 0 Å². The summed E-state index contributed by atoms with van der Waals surface area (Å²) in [6, 6.07) is 9.76. The molecule has 0 aromatic heterocycles. The summed E-state index contributed by atoms with van der Waals surface area (Å²) in [5, 5.41) is 3.35. The molecule has 10 heteroatoms. The van der Waals surface area contributed by atoms with E-state index in [1.165, 1.54) is 16.3 Å². The highest BCUT2D eigenvalue weighted by Gasteiger charge is 2.27. The molecule has 1 unspecified atom stereocenters. The average Bonchev–Trinajstić information content (AvgIpc) is 2.77. The van der Waals surface area contributed by atoms with Crippen molar-refractivity contribution >= 4 is 50.7 Å². The van der Waals surface area contributed by atoms with Crippen molar-refractivity contribution in [2.75, 3.05) is 24.2 Å². The zero-order valence-electron chi connectivity index (χ0n) is 20.1. The number of likely N-dealkylation sites (N-methyl/N-ethyl adjacent to an activating group) is 1. The number of rotatable bonds is 10. The van der Waals surface area contributed by atoms with E-state index in [-0.39, 0.29) is 37.7 Å². The summed E-state index contributed by atoms with van der Waals surface area (Å²) in [5.74, 6) is -0.633. The number of hydrogen-bond acceptors (Lipinski definition) is 4. The maximum absolute atomic E-state index is 13.2. The van der Waals surface area contributed by atoms with Gasteiger partial charge in [-0.3, -0.25) is 13.9 Å². The molecule has 7 nitrogen and oxygen atoms in total. The van der Waals surface area contributed by atoms with E-state index in [0.717, 1.165) is 17.4 Å². The third-order valence-corrected chi connectivity index (χ3v) is 7.69. The zero-order chi connectivity index (χ0) is 25.6. The number of carbonyl (C=O) groups is 2. The second kappa shape index (κ2) is 11.9. The Kier molecular flexibility index (Phi) is 9.79. The Bertz CT molecular complexity index is 1130. The molecular formula is C24H31Cl2N3O4S. The fourth-order valence-electron chi connectivity index (χ4n) is 3.63. The van der Waals surface area contributed by atoms with Gasteiger partial charge < -0.3 is 10.2 Å². The number of amides is 2. The molecule has 0 radical (unpaired) electrons. The second-order valence-electron chi connectivity index (χ2n) is 8.17. The minimum atomic E-state index is -3.56. The van der Waals surface area contributed by atoms with Crippen molar-refractivity contribution < 1.29 is 18.0 Å². The molecule has 0 aliphatic carbocycles. The van der Waals surface area contributed by atoms with E-state index in [9.17, 15) is 18.0 Å². The van der Waals surface area contributed by atoms with Gasteiger partial charge in [-0.2, -0.15) is 0 Å². The van der Waals surface area contributed by atoms with Gasteiger partial charge in [0.2, 0.25) is 21.8 Å². The highest BCUT2D eigenvalue weighted by atomic mass is 35.5. The van der Waals surface area contributed by atoms with Gasteiger partial charge in [0.05, 0.1) is 11.9 Å². The van der Waals surface area contributed by atoms with Crippen LogP contribution in [0.2, 0.25) is 10.0 Å². The summed E-state index contributed by atoms with van der Waals surface area (Å²) in [5.41, 5.74) is 2.98. The van der Waals surface area contributed by atoms with Gasteiger partial charge in [0.1, 0.15) is 6.04 Å². The molecule has 0 spiro atoms. The molecule has 34 heavy (non-hydrogen) atoms. The van der Waals surface area contributed by atoms with E-state index < -0.39 is 16.1 Å². The minimum Gasteiger partial charge on any atom is -0.357 e. The zero-order valence-corrected chi connectivity index (χ0v) is 22.4. The number of aryl methyl sites for hydroxylation is 1. The SMILES string of the molecule is CNC(=O)C(C)N(Cc1c(Cl)cccc1Cl)C(=O)CCCN(c1cccc(C)c1C)S(C)(=O)=O. The third kappa shape index (κ3) is 6.87. The van der Waals surface area contributed by atoms with Crippen LogP contribution in [-0.4, -0.2) is 51.0 Å². The van der Waals surface area contributed by atoms with Crippen molar-refractivity contribution in [1.29, 1.82) is 0 Å². The molecule has 0 heterocycles. The van der Waals surface area contributed by atoms with E-state index in [2.05, 4.69) is 5.32 Å². The molecule has 2 aromatic carbocycles. The molecule has 1 N–H and O–H groups in total. The predicted molar refractivity (Wildman–Crippen MR) is 138 cm³/mol. The molecular weight excluding hydrogens is 497 g/mol. The van der Waals surface area contributed by atoms with Crippen LogP contribution in [0.4, 0.5) is 5.69 Å². The standard InChI is InChI=1S/C24H31Cl2N3O4S/c1-16-9-6-12-22(17(16)2)29(34(5,32)33)14-8-13-23(30)28(18(3)24(31)27-4)15-19-20(25)10-7-11-21(19)26/h6-7,9-12,18H,8,13-15H2,1-5H3,(H,27,31). The molecule has 0 fully saturated rings. The van der Waals surface area contributed by atoms with E-state index in [1.54, 1.807) is 37.3 Å². The average molecular weight is 529 g/mol. The normalized spacial score (nSPS) is 12.2. The van der Waals surface area contributed by atoms with E-state index >= 15 is 0 Å². The lowest BCUT2D eigenvalue weighted by Gasteiger charge is -2.30. The lowest BCUT2D eigenvalue weighted by molar-refractivity contribution is -0.140. The van der Waals surface area contributed by atoms with E-state index in [4.69, 9.17) is 23.2 Å². The van der Waals surface area contributed by atoms with Crippen molar-refractivity contribution in [3.63, 3.8) is 0 Å². The van der Waals surface area contributed by atoms with Crippen LogP contribution in [0.5, 0.6) is 0 Å². The van der Waals surface area contributed by atoms with Gasteiger partial charge in [-0.25, -0.2) is 8.42 Å². The maximum atomic E-state index is 13.2.